The van der Waals surface area contributed by atoms with E-state index in [-0.39, 0.29) is 22.8 Å². The Morgan fingerprint density at radius 2 is 1.74 bits per heavy atom. The van der Waals surface area contributed by atoms with Gasteiger partial charge in [-0.1, -0.05) is 0 Å². The van der Waals surface area contributed by atoms with E-state index in [1.165, 1.54) is 12.3 Å². The van der Waals surface area contributed by atoms with Crippen molar-refractivity contribution in [3.8, 4) is 11.1 Å². The fraction of sp³-hybridized carbons (Fsp3) is 0.577. The van der Waals surface area contributed by atoms with E-state index in [9.17, 15) is 8.78 Å². The highest BCUT2D eigenvalue weighted by molar-refractivity contribution is 5.71. The molecule has 0 radical (unpaired) electrons. The highest BCUT2D eigenvalue weighted by Gasteiger charge is 2.42. The van der Waals surface area contributed by atoms with Crippen molar-refractivity contribution >= 4 is 11.5 Å². The molecule has 1 heterocycles. The highest BCUT2D eigenvalue weighted by atomic mass is 19.1. The minimum absolute atomic E-state index is 0.135. The molecule has 0 unspecified atom stereocenters. The Morgan fingerprint density at radius 3 is 2.41 bits per heavy atom. The molecule has 3 N–H and O–H groups in total. The Morgan fingerprint density at radius 1 is 1.03 bits per heavy atom. The van der Waals surface area contributed by atoms with Crippen molar-refractivity contribution in [2.45, 2.75) is 69.2 Å². The number of benzene rings is 1. The Bertz CT molecular complexity index is 962. The molecule has 2 aliphatic rings. The predicted molar refractivity (Wildman–Crippen MR) is 131 cm³/mol. The number of pyridine rings is 1. The monoisotopic (exact) mass is 474 g/mol. The van der Waals surface area contributed by atoms with Gasteiger partial charge in [-0.3, -0.25) is 0 Å². The lowest BCUT2D eigenvalue weighted by Crippen LogP contribution is -2.42. The Hall–Kier alpha value is -2.29. The summed E-state index contributed by atoms with van der Waals surface area (Å²) in [5.74, 6) is -0.446. The Labute approximate surface area is 200 Å². The zero-order valence-electron chi connectivity index (χ0n) is 20.3. The molecule has 0 amide bonds. The number of aromatic nitrogens is 1. The maximum atomic E-state index is 14.7. The Kier molecular flexibility index (Phi) is 8.01. The minimum atomic E-state index is -0.544. The minimum Gasteiger partial charge on any atom is -0.383 e. The van der Waals surface area contributed by atoms with Crippen LogP contribution in [0.25, 0.3) is 11.1 Å². The molecule has 186 valence electrons. The molecule has 1 aromatic heterocycles. The number of nitrogens with one attached hydrogen (secondary N) is 3. The maximum absolute atomic E-state index is 14.7. The van der Waals surface area contributed by atoms with Crippen LogP contribution in [0.4, 0.5) is 20.3 Å². The van der Waals surface area contributed by atoms with Crippen LogP contribution < -0.4 is 16.0 Å². The molecule has 8 heteroatoms. The Balaban J connectivity index is 1.40. The quantitative estimate of drug-likeness (QED) is 0.428. The van der Waals surface area contributed by atoms with Gasteiger partial charge in [-0.15, -0.1) is 0 Å². The van der Waals surface area contributed by atoms with Crippen LogP contribution in [0.15, 0.2) is 30.5 Å². The van der Waals surface area contributed by atoms with E-state index in [0.29, 0.717) is 31.1 Å². The number of hydrogen-bond acceptors (Lipinski definition) is 6. The third-order valence-corrected chi connectivity index (χ3v) is 6.98. The second-order valence-corrected chi connectivity index (χ2v) is 9.70. The van der Waals surface area contributed by atoms with Crippen LogP contribution in [-0.2, 0) is 9.47 Å². The third kappa shape index (κ3) is 6.23. The summed E-state index contributed by atoms with van der Waals surface area (Å²) in [6.07, 6.45) is 7.24. The summed E-state index contributed by atoms with van der Waals surface area (Å²) in [6, 6.07) is 7.35. The molecule has 2 saturated carbocycles. The van der Waals surface area contributed by atoms with E-state index in [4.69, 9.17) is 9.47 Å². The summed E-state index contributed by atoms with van der Waals surface area (Å²) >= 11 is 0. The van der Waals surface area contributed by atoms with Crippen LogP contribution >= 0.6 is 0 Å². The number of hydrogen-bond donors (Lipinski definition) is 3. The zero-order chi connectivity index (χ0) is 24.1. The number of methoxy groups -OCH3 is 2. The predicted octanol–water partition coefficient (Wildman–Crippen LogP) is 4.97. The molecular weight excluding hydrogens is 438 g/mol. The first-order valence-electron chi connectivity index (χ1n) is 12.2. The van der Waals surface area contributed by atoms with Gasteiger partial charge < -0.3 is 25.4 Å². The second kappa shape index (κ2) is 11.0. The number of nitrogens with zero attached hydrogens (tertiary/aromatic N) is 1. The molecule has 2 aromatic rings. The summed E-state index contributed by atoms with van der Waals surface area (Å²) in [5, 5.41) is 10.3. The molecule has 0 aliphatic heterocycles. The molecule has 4 rings (SSSR count). The van der Waals surface area contributed by atoms with Crippen molar-refractivity contribution in [3.63, 3.8) is 0 Å². The fourth-order valence-corrected chi connectivity index (χ4v) is 4.74. The van der Waals surface area contributed by atoms with Crippen LogP contribution in [0.5, 0.6) is 0 Å². The fourth-order valence-electron chi connectivity index (χ4n) is 4.74. The van der Waals surface area contributed by atoms with Crippen LogP contribution in [0.3, 0.4) is 0 Å². The highest BCUT2D eigenvalue weighted by Crippen LogP contribution is 2.39. The number of anilines is 2. The van der Waals surface area contributed by atoms with Gasteiger partial charge in [0.15, 0.2) is 0 Å². The first-order chi connectivity index (χ1) is 16.4. The molecule has 2 fully saturated rings. The summed E-state index contributed by atoms with van der Waals surface area (Å²) in [6.45, 7) is 3.46. The molecule has 34 heavy (non-hydrogen) atoms. The lowest BCUT2D eigenvalue weighted by Gasteiger charge is -2.31. The van der Waals surface area contributed by atoms with Gasteiger partial charge in [0.25, 0.3) is 0 Å². The molecule has 2 aliphatic carbocycles. The average molecular weight is 475 g/mol. The van der Waals surface area contributed by atoms with Crippen molar-refractivity contribution in [1.29, 1.82) is 0 Å². The standard InChI is InChI=1S/C26H36F2N4O2/c1-17(15-33-2)31-18-4-6-19(7-5-18)32-25-13-22(24(28)14-29-25)21-12-20(8-9-23(21)27)30-16-26(34-3)10-11-26/h8-9,12-14,17-19,30-31H,4-7,10-11,15-16H2,1-3H3,(H,29,32)/t17-,18?,19?/m0/s1. The van der Waals surface area contributed by atoms with Gasteiger partial charge in [-0.05, 0) is 69.7 Å². The summed E-state index contributed by atoms with van der Waals surface area (Å²) in [7, 11) is 3.42. The molecule has 0 bridgehead atoms. The van der Waals surface area contributed by atoms with Gasteiger partial charge in [0, 0.05) is 55.7 Å². The topological polar surface area (TPSA) is 67.4 Å². The van der Waals surface area contributed by atoms with Crippen molar-refractivity contribution < 1.29 is 18.3 Å². The number of ether oxygens (including phenoxy) is 2. The third-order valence-electron chi connectivity index (χ3n) is 6.98. The normalized spacial score (nSPS) is 22.3. The summed E-state index contributed by atoms with van der Waals surface area (Å²) in [4.78, 5) is 4.22. The smallest absolute Gasteiger partial charge is 0.149 e. The van der Waals surface area contributed by atoms with E-state index in [1.807, 2.05) is 0 Å². The SMILES string of the molecule is COC[C@H](C)NC1CCC(Nc2cc(-c3cc(NCC4(OC)CC4)ccc3F)c(F)cn2)CC1. The second-order valence-electron chi connectivity index (χ2n) is 9.70. The van der Waals surface area contributed by atoms with Crippen molar-refractivity contribution in [2.75, 3.05) is 38.0 Å². The zero-order valence-corrected chi connectivity index (χ0v) is 20.3. The van der Waals surface area contributed by atoms with Crippen LogP contribution in [0.2, 0.25) is 0 Å². The first kappa shape index (κ1) is 24.8. The van der Waals surface area contributed by atoms with Gasteiger partial charge in [-0.2, -0.15) is 0 Å². The largest absolute Gasteiger partial charge is 0.383 e. The molecule has 6 nitrogen and oxygen atoms in total. The average Bonchev–Trinajstić information content (AvgIpc) is 3.62. The number of halogens is 2. The lowest BCUT2D eigenvalue weighted by atomic mass is 9.90. The van der Waals surface area contributed by atoms with Crippen LogP contribution in [-0.4, -0.2) is 56.1 Å². The van der Waals surface area contributed by atoms with Gasteiger partial charge >= 0.3 is 0 Å². The van der Waals surface area contributed by atoms with Gasteiger partial charge in [0.05, 0.1) is 18.4 Å². The van der Waals surface area contributed by atoms with E-state index in [1.54, 1.807) is 32.4 Å². The molecule has 0 saturated heterocycles. The van der Waals surface area contributed by atoms with Gasteiger partial charge in [-0.25, -0.2) is 13.8 Å². The van der Waals surface area contributed by atoms with Crippen molar-refractivity contribution in [1.82, 2.24) is 10.3 Å². The number of rotatable bonds is 11. The van der Waals surface area contributed by atoms with E-state index in [2.05, 4.69) is 27.9 Å². The van der Waals surface area contributed by atoms with E-state index >= 15 is 0 Å². The van der Waals surface area contributed by atoms with Crippen molar-refractivity contribution in [2.24, 2.45) is 0 Å². The maximum Gasteiger partial charge on any atom is 0.149 e. The molecule has 1 atom stereocenters. The van der Waals surface area contributed by atoms with Gasteiger partial charge in [0.1, 0.15) is 17.5 Å². The van der Waals surface area contributed by atoms with E-state index in [0.717, 1.165) is 44.2 Å². The van der Waals surface area contributed by atoms with Crippen LogP contribution in [0.1, 0.15) is 45.4 Å². The molecule has 0 spiro atoms. The van der Waals surface area contributed by atoms with Crippen LogP contribution in [0, 0.1) is 11.6 Å². The first-order valence-corrected chi connectivity index (χ1v) is 12.2. The van der Waals surface area contributed by atoms with Gasteiger partial charge in [0.2, 0.25) is 0 Å². The van der Waals surface area contributed by atoms with E-state index < -0.39 is 11.6 Å². The van der Waals surface area contributed by atoms with Crippen molar-refractivity contribution in [3.05, 3.63) is 42.1 Å². The lowest BCUT2D eigenvalue weighted by molar-refractivity contribution is 0.0914. The molecular formula is C26H36F2N4O2. The molecule has 1 aromatic carbocycles. The summed E-state index contributed by atoms with van der Waals surface area (Å²) in [5.41, 5.74) is 1.02. The summed E-state index contributed by atoms with van der Waals surface area (Å²) < 4.78 is 40.1.